The lowest BCUT2D eigenvalue weighted by molar-refractivity contribution is 0.422. The molecule has 1 heterocycles. The van der Waals surface area contributed by atoms with Crippen LogP contribution in [0.4, 0.5) is 10.1 Å². The van der Waals surface area contributed by atoms with Gasteiger partial charge in [-0.25, -0.2) is 4.39 Å². The van der Waals surface area contributed by atoms with Crippen LogP contribution >= 0.6 is 15.9 Å². The van der Waals surface area contributed by atoms with E-state index in [0.29, 0.717) is 12.2 Å². The molecule has 0 unspecified atom stereocenters. The third-order valence-electron chi connectivity index (χ3n) is 3.03. The van der Waals surface area contributed by atoms with Crippen LogP contribution in [0.3, 0.4) is 0 Å². The number of halogens is 2. The molecular formula is C15H11BrFN3O. The highest BCUT2D eigenvalue weighted by molar-refractivity contribution is 9.10. The predicted molar refractivity (Wildman–Crippen MR) is 81.1 cm³/mol. The van der Waals surface area contributed by atoms with Crippen molar-refractivity contribution in [3.63, 3.8) is 0 Å². The molecule has 0 spiro atoms. The molecule has 3 rings (SSSR count). The van der Waals surface area contributed by atoms with Crippen molar-refractivity contribution in [1.29, 1.82) is 0 Å². The van der Waals surface area contributed by atoms with Crippen LogP contribution in [0.1, 0.15) is 11.4 Å². The van der Waals surface area contributed by atoms with Gasteiger partial charge in [0.1, 0.15) is 5.82 Å². The van der Waals surface area contributed by atoms with Gasteiger partial charge in [0.25, 0.3) is 5.89 Å². The summed E-state index contributed by atoms with van der Waals surface area (Å²) in [6.45, 7) is 0. The number of benzene rings is 2. The van der Waals surface area contributed by atoms with Gasteiger partial charge in [0, 0.05) is 16.6 Å². The lowest BCUT2D eigenvalue weighted by Gasteiger charge is -2.01. The molecule has 2 N–H and O–H groups in total. The zero-order valence-electron chi connectivity index (χ0n) is 10.9. The van der Waals surface area contributed by atoms with E-state index in [2.05, 4.69) is 26.1 Å². The van der Waals surface area contributed by atoms with Crippen molar-refractivity contribution < 1.29 is 8.91 Å². The number of anilines is 1. The van der Waals surface area contributed by atoms with Crippen LogP contribution in [0.5, 0.6) is 0 Å². The minimum atomic E-state index is -0.480. The molecule has 0 saturated heterocycles. The minimum Gasteiger partial charge on any atom is -0.398 e. The smallest absolute Gasteiger partial charge is 0.263 e. The molecule has 0 fully saturated rings. The fourth-order valence-electron chi connectivity index (χ4n) is 2.01. The van der Waals surface area contributed by atoms with Crippen molar-refractivity contribution in [3.05, 3.63) is 64.1 Å². The first kappa shape index (κ1) is 13.8. The summed E-state index contributed by atoms with van der Waals surface area (Å²) in [6.07, 6.45) is 0.485. The molecule has 21 heavy (non-hydrogen) atoms. The van der Waals surface area contributed by atoms with E-state index in [0.717, 1.165) is 10.0 Å². The Labute approximate surface area is 128 Å². The van der Waals surface area contributed by atoms with Gasteiger partial charge in [0.15, 0.2) is 5.82 Å². The highest BCUT2D eigenvalue weighted by Gasteiger charge is 2.16. The standard InChI is InChI=1S/C15H11BrFN3O/c16-10-5-2-1-4-9(10)8-13-19-15(21-20-13)14-11(17)6-3-7-12(14)18/h1-7H,8,18H2. The van der Waals surface area contributed by atoms with E-state index in [1.165, 1.54) is 12.1 Å². The van der Waals surface area contributed by atoms with Gasteiger partial charge < -0.3 is 10.3 Å². The summed E-state index contributed by atoms with van der Waals surface area (Å²) >= 11 is 3.46. The first-order valence-electron chi connectivity index (χ1n) is 6.25. The van der Waals surface area contributed by atoms with E-state index in [9.17, 15) is 4.39 Å². The van der Waals surface area contributed by atoms with Crippen LogP contribution < -0.4 is 5.73 Å². The number of hydrogen-bond acceptors (Lipinski definition) is 4. The largest absolute Gasteiger partial charge is 0.398 e. The number of rotatable bonds is 3. The second-order valence-electron chi connectivity index (χ2n) is 4.49. The molecule has 106 valence electrons. The molecule has 0 bridgehead atoms. The van der Waals surface area contributed by atoms with Gasteiger partial charge in [-0.1, -0.05) is 45.4 Å². The van der Waals surface area contributed by atoms with Crippen molar-refractivity contribution in [1.82, 2.24) is 10.1 Å². The van der Waals surface area contributed by atoms with Crippen LogP contribution in [-0.2, 0) is 6.42 Å². The summed E-state index contributed by atoms with van der Waals surface area (Å²) in [5.74, 6) is 0.0818. The maximum absolute atomic E-state index is 13.8. The highest BCUT2D eigenvalue weighted by atomic mass is 79.9. The molecule has 0 radical (unpaired) electrons. The van der Waals surface area contributed by atoms with Crippen LogP contribution in [-0.4, -0.2) is 10.1 Å². The summed E-state index contributed by atoms with van der Waals surface area (Å²) in [5.41, 5.74) is 7.20. The molecule has 4 nitrogen and oxygen atoms in total. The van der Waals surface area contributed by atoms with Gasteiger partial charge in [0.05, 0.1) is 5.56 Å². The fraction of sp³-hybridized carbons (Fsp3) is 0.0667. The zero-order valence-corrected chi connectivity index (χ0v) is 12.5. The maximum atomic E-state index is 13.8. The lowest BCUT2D eigenvalue weighted by atomic mass is 10.1. The van der Waals surface area contributed by atoms with E-state index in [-0.39, 0.29) is 17.1 Å². The molecule has 0 aliphatic rings. The molecule has 0 aliphatic heterocycles. The van der Waals surface area contributed by atoms with Crippen molar-refractivity contribution in [3.8, 4) is 11.5 Å². The van der Waals surface area contributed by atoms with Crippen LogP contribution in [0.25, 0.3) is 11.5 Å². The van der Waals surface area contributed by atoms with Gasteiger partial charge in [0.2, 0.25) is 0 Å². The monoisotopic (exact) mass is 347 g/mol. The number of aromatic nitrogens is 2. The van der Waals surface area contributed by atoms with E-state index in [1.54, 1.807) is 6.07 Å². The Morgan fingerprint density at radius 3 is 2.71 bits per heavy atom. The van der Waals surface area contributed by atoms with Crippen molar-refractivity contribution in [2.75, 3.05) is 5.73 Å². The fourth-order valence-corrected chi connectivity index (χ4v) is 2.43. The topological polar surface area (TPSA) is 64.9 Å². The SMILES string of the molecule is Nc1cccc(F)c1-c1nc(Cc2ccccc2Br)no1. The Morgan fingerprint density at radius 2 is 1.95 bits per heavy atom. The molecule has 0 aliphatic carbocycles. The summed E-state index contributed by atoms with van der Waals surface area (Å²) in [5, 5.41) is 3.88. The Hall–Kier alpha value is -2.21. The second kappa shape index (κ2) is 5.65. The lowest BCUT2D eigenvalue weighted by Crippen LogP contribution is -1.95. The molecule has 3 aromatic rings. The van der Waals surface area contributed by atoms with Crippen LogP contribution in [0.2, 0.25) is 0 Å². The quantitative estimate of drug-likeness (QED) is 0.731. The molecular weight excluding hydrogens is 337 g/mol. The van der Waals surface area contributed by atoms with Gasteiger partial charge in [-0.3, -0.25) is 0 Å². The molecule has 6 heteroatoms. The highest BCUT2D eigenvalue weighted by Crippen LogP contribution is 2.28. The van der Waals surface area contributed by atoms with E-state index in [4.69, 9.17) is 10.3 Å². The molecule has 0 saturated carbocycles. The van der Waals surface area contributed by atoms with Gasteiger partial charge in [-0.05, 0) is 23.8 Å². The average molecular weight is 348 g/mol. The Bertz CT molecular complexity index is 768. The van der Waals surface area contributed by atoms with Crippen molar-refractivity contribution >= 4 is 21.6 Å². The minimum absolute atomic E-state index is 0.0904. The first-order valence-corrected chi connectivity index (χ1v) is 7.05. The molecule has 1 aromatic heterocycles. The van der Waals surface area contributed by atoms with Crippen LogP contribution in [0.15, 0.2) is 51.5 Å². The number of nitrogen functional groups attached to an aromatic ring is 1. The number of nitrogens with two attached hydrogens (primary N) is 1. The van der Waals surface area contributed by atoms with Crippen molar-refractivity contribution in [2.24, 2.45) is 0 Å². The predicted octanol–water partition coefficient (Wildman–Crippen LogP) is 3.81. The molecule has 0 amide bonds. The van der Waals surface area contributed by atoms with E-state index >= 15 is 0 Å². The van der Waals surface area contributed by atoms with Gasteiger partial charge in [-0.15, -0.1) is 0 Å². The Morgan fingerprint density at radius 1 is 1.14 bits per heavy atom. The summed E-state index contributed by atoms with van der Waals surface area (Å²) in [7, 11) is 0. The number of hydrogen-bond donors (Lipinski definition) is 1. The Kier molecular flexibility index (Phi) is 3.70. The van der Waals surface area contributed by atoms with Crippen LogP contribution in [0, 0.1) is 5.82 Å². The average Bonchev–Trinajstić information content (AvgIpc) is 2.89. The van der Waals surface area contributed by atoms with Crippen molar-refractivity contribution in [2.45, 2.75) is 6.42 Å². The number of nitrogens with zero attached hydrogens (tertiary/aromatic N) is 2. The van der Waals surface area contributed by atoms with E-state index in [1.807, 2.05) is 24.3 Å². The third-order valence-corrected chi connectivity index (χ3v) is 3.81. The normalized spacial score (nSPS) is 10.8. The third kappa shape index (κ3) is 2.80. The molecule has 0 atom stereocenters. The van der Waals surface area contributed by atoms with Gasteiger partial charge in [-0.2, -0.15) is 4.98 Å². The summed E-state index contributed by atoms with van der Waals surface area (Å²) in [6, 6.07) is 12.2. The van der Waals surface area contributed by atoms with E-state index < -0.39 is 5.82 Å². The summed E-state index contributed by atoms with van der Waals surface area (Å²) < 4.78 is 19.9. The maximum Gasteiger partial charge on any atom is 0.263 e. The first-order chi connectivity index (χ1) is 10.1. The second-order valence-corrected chi connectivity index (χ2v) is 5.34. The molecule has 2 aromatic carbocycles. The summed E-state index contributed by atoms with van der Waals surface area (Å²) in [4.78, 5) is 4.22. The van der Waals surface area contributed by atoms with Gasteiger partial charge >= 0.3 is 0 Å². The Balaban J connectivity index is 1.92. The zero-order chi connectivity index (χ0) is 14.8.